The van der Waals surface area contributed by atoms with E-state index in [2.05, 4.69) is 6.92 Å². The molecule has 0 aromatic heterocycles. The number of hydrogen-bond acceptors (Lipinski definition) is 5. The van der Waals surface area contributed by atoms with Crippen LogP contribution in [0.15, 0.2) is 0 Å². The molecule has 1 heterocycles. The lowest BCUT2D eigenvalue weighted by molar-refractivity contribution is -0.154. The maximum absolute atomic E-state index is 11.9. The first kappa shape index (κ1) is 22.4. The van der Waals surface area contributed by atoms with Crippen molar-refractivity contribution in [2.24, 2.45) is 0 Å². The normalized spacial score (nSPS) is 20.4. The van der Waals surface area contributed by atoms with Crippen LogP contribution in [0.4, 0.5) is 0 Å². The van der Waals surface area contributed by atoms with Crippen LogP contribution in [-0.4, -0.2) is 47.7 Å². The lowest BCUT2D eigenvalue weighted by Gasteiger charge is -2.13. The Bertz CT molecular complexity index is 341. The predicted molar refractivity (Wildman–Crippen MR) is 98.4 cm³/mol. The zero-order chi connectivity index (χ0) is 18.4. The molecule has 1 aliphatic rings. The molecule has 0 aromatic carbocycles. The molecule has 0 bridgehead atoms. The third kappa shape index (κ3) is 10.2. The van der Waals surface area contributed by atoms with Crippen LogP contribution in [0.5, 0.6) is 0 Å². The standard InChI is InChI=1S/C20H38O5/c1-2-3-4-5-6-7-8-9-10-11-12-13-14-20(17-25-20)19(23)24-16-18(22)15-21/h18,21-22H,2-17H2,1H3/t18-,20+/m0/s1. The Labute approximate surface area is 153 Å². The van der Waals surface area contributed by atoms with Gasteiger partial charge in [0, 0.05) is 0 Å². The van der Waals surface area contributed by atoms with E-state index in [1.54, 1.807) is 0 Å². The molecule has 1 saturated heterocycles. The third-order valence-electron chi connectivity index (χ3n) is 4.92. The van der Waals surface area contributed by atoms with Crippen molar-refractivity contribution in [1.29, 1.82) is 0 Å². The molecule has 2 N–H and O–H groups in total. The number of aliphatic hydroxyl groups excluding tert-OH is 2. The van der Waals surface area contributed by atoms with E-state index in [9.17, 15) is 9.90 Å². The average molecular weight is 359 g/mol. The van der Waals surface area contributed by atoms with Crippen LogP contribution in [0.2, 0.25) is 0 Å². The quantitative estimate of drug-likeness (QED) is 0.235. The molecule has 0 spiro atoms. The summed E-state index contributed by atoms with van der Waals surface area (Å²) in [5.41, 5.74) is -0.770. The van der Waals surface area contributed by atoms with E-state index >= 15 is 0 Å². The van der Waals surface area contributed by atoms with Crippen LogP contribution in [0.25, 0.3) is 0 Å². The van der Waals surface area contributed by atoms with Crippen molar-refractivity contribution < 1.29 is 24.5 Å². The highest BCUT2D eigenvalue weighted by Gasteiger charge is 2.53. The van der Waals surface area contributed by atoms with E-state index in [0.29, 0.717) is 13.0 Å². The Morgan fingerprint density at radius 1 is 1.00 bits per heavy atom. The topological polar surface area (TPSA) is 79.3 Å². The second kappa shape index (κ2) is 13.5. The molecule has 0 aliphatic carbocycles. The number of hydrogen-bond donors (Lipinski definition) is 2. The van der Waals surface area contributed by atoms with Gasteiger partial charge in [0.25, 0.3) is 0 Å². The summed E-state index contributed by atoms with van der Waals surface area (Å²) in [4.78, 5) is 11.9. The number of rotatable bonds is 17. The lowest BCUT2D eigenvalue weighted by atomic mass is 10.0. The number of aliphatic hydroxyl groups is 2. The zero-order valence-electron chi connectivity index (χ0n) is 16.0. The van der Waals surface area contributed by atoms with Gasteiger partial charge in [-0.1, -0.05) is 77.6 Å². The van der Waals surface area contributed by atoms with Crippen molar-refractivity contribution in [2.75, 3.05) is 19.8 Å². The molecule has 25 heavy (non-hydrogen) atoms. The number of epoxide rings is 1. The van der Waals surface area contributed by atoms with Crippen molar-refractivity contribution in [3.05, 3.63) is 0 Å². The van der Waals surface area contributed by atoms with Gasteiger partial charge in [-0.3, -0.25) is 0 Å². The number of carbonyl (C=O) groups excluding carboxylic acids is 1. The Morgan fingerprint density at radius 2 is 1.48 bits per heavy atom. The van der Waals surface area contributed by atoms with Gasteiger partial charge in [0.15, 0.2) is 5.60 Å². The summed E-state index contributed by atoms with van der Waals surface area (Å²) >= 11 is 0. The number of esters is 1. The molecule has 1 rings (SSSR count). The van der Waals surface area contributed by atoms with E-state index in [-0.39, 0.29) is 6.61 Å². The Balaban J connectivity index is 1.91. The summed E-state index contributed by atoms with van der Waals surface area (Å²) in [7, 11) is 0. The van der Waals surface area contributed by atoms with Gasteiger partial charge in [0.2, 0.25) is 0 Å². The monoisotopic (exact) mass is 358 g/mol. The van der Waals surface area contributed by atoms with Crippen LogP contribution in [0.3, 0.4) is 0 Å². The van der Waals surface area contributed by atoms with Gasteiger partial charge in [-0.05, 0) is 12.8 Å². The van der Waals surface area contributed by atoms with E-state index in [4.69, 9.17) is 14.6 Å². The van der Waals surface area contributed by atoms with E-state index < -0.39 is 24.3 Å². The fourth-order valence-corrected chi connectivity index (χ4v) is 3.06. The van der Waals surface area contributed by atoms with Crippen molar-refractivity contribution in [3.63, 3.8) is 0 Å². The highest BCUT2D eigenvalue weighted by Crippen LogP contribution is 2.34. The van der Waals surface area contributed by atoms with E-state index in [1.165, 1.54) is 64.2 Å². The first-order valence-electron chi connectivity index (χ1n) is 10.2. The fraction of sp³-hybridized carbons (Fsp3) is 0.950. The lowest BCUT2D eigenvalue weighted by Crippen LogP contribution is -2.31. The summed E-state index contributed by atoms with van der Waals surface area (Å²) < 4.78 is 10.3. The minimum Gasteiger partial charge on any atom is -0.461 e. The van der Waals surface area contributed by atoms with Gasteiger partial charge in [-0.15, -0.1) is 0 Å². The molecule has 0 amide bonds. The highest BCUT2D eigenvalue weighted by molar-refractivity contribution is 5.82. The summed E-state index contributed by atoms with van der Waals surface area (Å²) in [6.45, 7) is 2.10. The largest absolute Gasteiger partial charge is 0.461 e. The van der Waals surface area contributed by atoms with Gasteiger partial charge >= 0.3 is 5.97 Å². The van der Waals surface area contributed by atoms with Crippen LogP contribution in [0.1, 0.15) is 90.4 Å². The van der Waals surface area contributed by atoms with Gasteiger partial charge in [0.1, 0.15) is 12.7 Å². The van der Waals surface area contributed by atoms with Gasteiger partial charge in [-0.25, -0.2) is 4.79 Å². The smallest absolute Gasteiger partial charge is 0.340 e. The molecule has 148 valence electrons. The summed E-state index contributed by atoms with van der Waals surface area (Å²) in [6, 6.07) is 0. The molecule has 0 saturated carbocycles. The van der Waals surface area contributed by atoms with Gasteiger partial charge in [0.05, 0.1) is 13.2 Å². The molecule has 2 atom stereocenters. The molecule has 5 nitrogen and oxygen atoms in total. The maximum atomic E-state index is 11.9. The van der Waals surface area contributed by atoms with Crippen molar-refractivity contribution in [3.8, 4) is 0 Å². The van der Waals surface area contributed by atoms with Crippen LogP contribution in [0, 0.1) is 0 Å². The number of ether oxygens (including phenoxy) is 2. The SMILES string of the molecule is CCCCCCCCCCCCCC[C@]1(C(=O)OC[C@@H](O)CO)CO1. The van der Waals surface area contributed by atoms with Crippen molar-refractivity contribution >= 4 is 5.97 Å². The Kier molecular flexibility index (Phi) is 12.1. The zero-order valence-corrected chi connectivity index (χ0v) is 16.0. The molecule has 0 unspecified atom stereocenters. The van der Waals surface area contributed by atoms with Gasteiger partial charge in [-0.2, -0.15) is 0 Å². The first-order valence-corrected chi connectivity index (χ1v) is 10.2. The van der Waals surface area contributed by atoms with Crippen molar-refractivity contribution in [1.82, 2.24) is 0 Å². The second-order valence-electron chi connectivity index (χ2n) is 7.36. The fourth-order valence-electron chi connectivity index (χ4n) is 3.06. The predicted octanol–water partition coefficient (Wildman–Crippen LogP) is 3.74. The van der Waals surface area contributed by atoms with Gasteiger partial charge < -0.3 is 19.7 Å². The Hall–Kier alpha value is -0.650. The summed E-state index contributed by atoms with van der Waals surface area (Å²) in [6.07, 6.45) is 15.1. The minimum absolute atomic E-state index is 0.168. The number of unbranched alkanes of at least 4 members (excludes halogenated alkanes) is 11. The maximum Gasteiger partial charge on any atom is 0.340 e. The van der Waals surface area contributed by atoms with Crippen molar-refractivity contribution in [2.45, 2.75) is 102 Å². The first-order chi connectivity index (χ1) is 12.1. The van der Waals surface area contributed by atoms with Crippen LogP contribution in [-0.2, 0) is 14.3 Å². The third-order valence-corrected chi connectivity index (χ3v) is 4.92. The minimum atomic E-state index is -1.01. The molecular weight excluding hydrogens is 320 g/mol. The highest BCUT2D eigenvalue weighted by atomic mass is 16.6. The average Bonchev–Trinajstić information content (AvgIpc) is 3.41. The molecule has 0 aromatic rings. The van der Waals surface area contributed by atoms with E-state index in [0.717, 1.165) is 12.8 Å². The molecule has 1 fully saturated rings. The molecule has 0 radical (unpaired) electrons. The second-order valence-corrected chi connectivity index (χ2v) is 7.36. The Morgan fingerprint density at radius 3 is 1.92 bits per heavy atom. The van der Waals surface area contributed by atoms with Crippen LogP contribution < -0.4 is 0 Å². The summed E-state index contributed by atoms with van der Waals surface area (Å²) in [5.74, 6) is -0.400. The number of carbonyl (C=O) groups is 1. The molecular formula is C20H38O5. The van der Waals surface area contributed by atoms with Crippen LogP contribution >= 0.6 is 0 Å². The van der Waals surface area contributed by atoms with E-state index in [1.807, 2.05) is 0 Å². The molecule has 5 heteroatoms. The summed E-state index contributed by atoms with van der Waals surface area (Å²) in [5, 5.41) is 17.9. The molecule has 1 aliphatic heterocycles.